The molecule has 2 aromatic carbocycles. The molecule has 0 saturated carbocycles. The van der Waals surface area contributed by atoms with Gasteiger partial charge in [-0.05, 0) is 68.9 Å². The van der Waals surface area contributed by atoms with Gasteiger partial charge in [0.05, 0.1) is 16.7 Å². The molecule has 3 rings (SSSR count). The van der Waals surface area contributed by atoms with Crippen LogP contribution in [0.4, 0.5) is 4.39 Å². The fourth-order valence-electron chi connectivity index (χ4n) is 2.31. The topological polar surface area (TPSA) is 17.8 Å². The van der Waals surface area contributed by atoms with Crippen LogP contribution in [0.25, 0.3) is 16.7 Å². The molecular weight excluding hydrogens is 469 g/mol. The largest absolute Gasteiger partial charge is 0.292 e. The average Bonchev–Trinajstić information content (AvgIpc) is 2.77. The summed E-state index contributed by atoms with van der Waals surface area (Å²) in [5, 5.41) is 0. The zero-order valence-electron chi connectivity index (χ0n) is 10.8. The molecule has 0 radical (unpaired) electrons. The van der Waals surface area contributed by atoms with Crippen LogP contribution in [0.1, 0.15) is 5.82 Å². The highest BCUT2D eigenvalue weighted by Crippen LogP contribution is 2.30. The first-order chi connectivity index (χ1) is 10.1. The van der Waals surface area contributed by atoms with E-state index in [-0.39, 0.29) is 5.82 Å². The van der Waals surface area contributed by atoms with Crippen molar-refractivity contribution in [3.63, 3.8) is 0 Å². The van der Waals surface area contributed by atoms with Crippen molar-refractivity contribution in [3.05, 3.63) is 56.1 Å². The maximum absolute atomic E-state index is 14.3. The number of para-hydroxylation sites is 1. The predicted octanol–water partition coefficient (Wildman–Crippen LogP) is 5.31. The molecule has 0 unspecified atom stereocenters. The summed E-state index contributed by atoms with van der Waals surface area (Å²) in [5.74, 6) is 0.901. The van der Waals surface area contributed by atoms with E-state index >= 15 is 0 Å². The summed E-state index contributed by atoms with van der Waals surface area (Å²) in [6.45, 7) is 0. The van der Waals surface area contributed by atoms with Gasteiger partial charge in [0.1, 0.15) is 11.6 Å². The Balaban J connectivity index is 2.36. The molecule has 6 heteroatoms. The molecule has 0 spiro atoms. The minimum Gasteiger partial charge on any atom is -0.292 e. The summed E-state index contributed by atoms with van der Waals surface area (Å²) in [7, 11) is 0. The van der Waals surface area contributed by atoms with E-state index in [1.807, 2.05) is 28.8 Å². The number of rotatable bonds is 3. The van der Waals surface area contributed by atoms with Crippen molar-refractivity contribution in [2.75, 3.05) is 5.88 Å². The van der Waals surface area contributed by atoms with E-state index in [1.165, 1.54) is 6.07 Å². The molecule has 2 nitrogen and oxygen atoms in total. The molecule has 0 bridgehead atoms. The fourth-order valence-corrected chi connectivity index (χ4v) is 3.47. The van der Waals surface area contributed by atoms with Gasteiger partial charge in [-0.25, -0.2) is 9.37 Å². The van der Waals surface area contributed by atoms with Crippen LogP contribution in [0.5, 0.6) is 0 Å². The van der Waals surface area contributed by atoms with Crippen molar-refractivity contribution in [1.29, 1.82) is 0 Å². The van der Waals surface area contributed by atoms with Crippen LogP contribution in [0.3, 0.4) is 0 Å². The van der Waals surface area contributed by atoms with Crippen LogP contribution in [0.2, 0.25) is 0 Å². The van der Waals surface area contributed by atoms with Crippen LogP contribution in [-0.2, 0) is 6.42 Å². The Bertz CT molecular complexity index is 799. The average molecular weight is 480 g/mol. The SMILES string of the molecule is Fc1cccc(Br)c1-n1c(CCCl)nc2cc(I)ccc21. The van der Waals surface area contributed by atoms with Gasteiger partial charge in [-0.1, -0.05) is 6.07 Å². The number of alkyl halides is 1. The molecule has 108 valence electrons. The first-order valence-electron chi connectivity index (χ1n) is 6.29. The molecule has 1 heterocycles. The van der Waals surface area contributed by atoms with Crippen molar-refractivity contribution in [3.8, 4) is 5.69 Å². The van der Waals surface area contributed by atoms with Gasteiger partial charge in [0.25, 0.3) is 0 Å². The lowest BCUT2D eigenvalue weighted by atomic mass is 10.2. The minimum atomic E-state index is -0.293. The maximum atomic E-state index is 14.3. The molecule has 0 saturated heterocycles. The van der Waals surface area contributed by atoms with E-state index in [0.29, 0.717) is 22.5 Å². The smallest absolute Gasteiger partial charge is 0.148 e. The van der Waals surface area contributed by atoms with E-state index in [1.54, 1.807) is 6.07 Å². The van der Waals surface area contributed by atoms with Crippen molar-refractivity contribution < 1.29 is 4.39 Å². The highest BCUT2D eigenvalue weighted by Gasteiger charge is 2.17. The van der Waals surface area contributed by atoms with Crippen molar-refractivity contribution in [1.82, 2.24) is 9.55 Å². The quantitative estimate of drug-likeness (QED) is 0.368. The van der Waals surface area contributed by atoms with E-state index in [0.717, 1.165) is 20.4 Å². The fraction of sp³-hybridized carbons (Fsp3) is 0.133. The molecule has 0 atom stereocenters. The second-order valence-corrected chi connectivity index (χ2v) is 6.98. The van der Waals surface area contributed by atoms with Gasteiger partial charge in [-0.2, -0.15) is 0 Å². The molecule has 1 aromatic heterocycles. The summed E-state index contributed by atoms with van der Waals surface area (Å²) in [4.78, 5) is 4.61. The number of imidazole rings is 1. The molecule has 0 amide bonds. The third kappa shape index (κ3) is 2.83. The van der Waals surface area contributed by atoms with Crippen molar-refractivity contribution in [2.45, 2.75) is 6.42 Å². The van der Waals surface area contributed by atoms with Gasteiger partial charge < -0.3 is 0 Å². The number of hydrogen-bond acceptors (Lipinski definition) is 1. The third-order valence-corrected chi connectivity index (χ3v) is 4.67. The van der Waals surface area contributed by atoms with Crippen molar-refractivity contribution >= 4 is 61.2 Å². The summed E-state index contributed by atoms with van der Waals surface area (Å²) in [6, 6.07) is 10.9. The number of fused-ring (bicyclic) bond motifs is 1. The third-order valence-electron chi connectivity index (χ3n) is 3.17. The summed E-state index contributed by atoms with van der Waals surface area (Å²) in [6.07, 6.45) is 0.577. The molecule has 3 aromatic rings. The van der Waals surface area contributed by atoms with Crippen LogP contribution in [-0.4, -0.2) is 15.4 Å². The van der Waals surface area contributed by atoms with E-state index < -0.39 is 0 Å². The van der Waals surface area contributed by atoms with E-state index in [9.17, 15) is 4.39 Å². The molecule has 0 aliphatic rings. The monoisotopic (exact) mass is 478 g/mol. The minimum absolute atomic E-state index is 0.293. The first-order valence-corrected chi connectivity index (χ1v) is 8.69. The molecule has 21 heavy (non-hydrogen) atoms. The van der Waals surface area contributed by atoms with Gasteiger partial charge in [-0.3, -0.25) is 4.57 Å². The van der Waals surface area contributed by atoms with Crippen LogP contribution < -0.4 is 0 Å². The highest BCUT2D eigenvalue weighted by atomic mass is 127. The van der Waals surface area contributed by atoms with Gasteiger partial charge in [-0.15, -0.1) is 11.6 Å². The van der Waals surface area contributed by atoms with Crippen LogP contribution in [0.15, 0.2) is 40.9 Å². The lowest BCUT2D eigenvalue weighted by Gasteiger charge is -2.11. The number of hydrogen-bond donors (Lipinski definition) is 0. The van der Waals surface area contributed by atoms with E-state index in [2.05, 4.69) is 43.5 Å². The molecule has 0 N–H and O–H groups in total. The van der Waals surface area contributed by atoms with Crippen molar-refractivity contribution in [2.24, 2.45) is 0 Å². The zero-order valence-corrected chi connectivity index (χ0v) is 15.3. The van der Waals surface area contributed by atoms with Crippen LogP contribution >= 0.6 is 50.1 Å². The predicted molar refractivity (Wildman–Crippen MR) is 95.9 cm³/mol. The number of halogens is 4. The van der Waals surface area contributed by atoms with Gasteiger partial charge >= 0.3 is 0 Å². The Morgan fingerprint density at radius 3 is 2.81 bits per heavy atom. The molecule has 0 fully saturated rings. The number of nitrogens with zero attached hydrogens (tertiary/aromatic N) is 2. The second kappa shape index (κ2) is 6.22. The van der Waals surface area contributed by atoms with E-state index in [4.69, 9.17) is 11.6 Å². The maximum Gasteiger partial charge on any atom is 0.148 e. The first kappa shape index (κ1) is 15.2. The standard InChI is InChI=1S/C15H10BrClFIN2/c16-10-2-1-3-11(18)15(10)21-13-5-4-9(19)8-12(13)20-14(21)6-7-17/h1-5,8H,6-7H2. The summed E-state index contributed by atoms with van der Waals surface area (Å²) < 4.78 is 18.0. The van der Waals surface area contributed by atoms with Gasteiger partial charge in [0.2, 0.25) is 0 Å². The Labute approximate surface area is 148 Å². The van der Waals surface area contributed by atoms with Gasteiger partial charge in [0, 0.05) is 20.3 Å². The van der Waals surface area contributed by atoms with Crippen LogP contribution in [0, 0.1) is 9.39 Å². The molecular formula is C15H10BrClFIN2. The zero-order chi connectivity index (χ0) is 15.0. The number of aromatic nitrogens is 2. The van der Waals surface area contributed by atoms with Gasteiger partial charge in [0.15, 0.2) is 0 Å². The Morgan fingerprint density at radius 1 is 1.29 bits per heavy atom. The summed E-state index contributed by atoms with van der Waals surface area (Å²) in [5.41, 5.74) is 2.19. The molecule has 0 aliphatic carbocycles. The Hall–Kier alpha value is -0.660. The lowest BCUT2D eigenvalue weighted by molar-refractivity contribution is 0.616. The summed E-state index contributed by atoms with van der Waals surface area (Å²) >= 11 is 11.5. The lowest BCUT2D eigenvalue weighted by Crippen LogP contribution is -2.05. The number of aryl methyl sites for hydroxylation is 1. The normalized spacial score (nSPS) is 11.2. The Kier molecular flexibility index (Phi) is 4.51. The number of benzene rings is 2. The second-order valence-electron chi connectivity index (χ2n) is 4.51. The molecule has 0 aliphatic heterocycles. The highest BCUT2D eigenvalue weighted by molar-refractivity contribution is 14.1. The Morgan fingerprint density at radius 2 is 2.10 bits per heavy atom.